The van der Waals surface area contributed by atoms with Crippen LogP contribution in [0.15, 0.2) is 61.3 Å². The molecule has 0 unspecified atom stereocenters. The van der Waals surface area contributed by atoms with Gasteiger partial charge in [-0.3, -0.25) is 4.98 Å². The number of H-pyrrole nitrogens is 1. The first-order chi connectivity index (χ1) is 13.5. The number of halogens is 3. The Morgan fingerprint density at radius 2 is 1.86 bits per heavy atom. The van der Waals surface area contributed by atoms with Gasteiger partial charge < -0.3 is 4.57 Å². The standard InChI is InChI=1S/C19H15F3N6/c20-19(21,22)15-4-2-1-3-13(15)6-8-28-11-18(24-12-28)16-9-14(5-7-23-16)17-10-25-27-26-17/h1-5,7,9-12H,6,8H2,(H,25,26,27). The minimum Gasteiger partial charge on any atom is -0.336 e. The van der Waals surface area contributed by atoms with Gasteiger partial charge in [-0.1, -0.05) is 18.2 Å². The maximum atomic E-state index is 13.1. The average Bonchev–Trinajstić information content (AvgIpc) is 3.38. The van der Waals surface area contributed by atoms with Crippen molar-refractivity contribution in [3.63, 3.8) is 0 Å². The number of alkyl halides is 3. The minimum atomic E-state index is -4.36. The molecule has 142 valence electrons. The van der Waals surface area contributed by atoms with Crippen LogP contribution in [0.3, 0.4) is 0 Å². The first kappa shape index (κ1) is 17.9. The van der Waals surface area contributed by atoms with Crippen LogP contribution < -0.4 is 0 Å². The molecule has 0 saturated heterocycles. The number of rotatable bonds is 5. The molecular weight excluding hydrogens is 369 g/mol. The number of benzene rings is 1. The van der Waals surface area contributed by atoms with Crippen molar-refractivity contribution in [2.45, 2.75) is 19.1 Å². The molecule has 0 atom stereocenters. The average molecular weight is 384 g/mol. The number of nitrogens with zero attached hydrogens (tertiary/aromatic N) is 5. The van der Waals surface area contributed by atoms with Gasteiger partial charge in [0.1, 0.15) is 11.4 Å². The second-order valence-electron chi connectivity index (χ2n) is 6.19. The van der Waals surface area contributed by atoms with Crippen LogP contribution in [0, 0.1) is 0 Å². The third kappa shape index (κ3) is 3.78. The number of aryl methyl sites for hydroxylation is 2. The van der Waals surface area contributed by atoms with E-state index in [1.54, 1.807) is 35.6 Å². The molecule has 4 rings (SSSR count). The second kappa shape index (κ2) is 7.26. The highest BCUT2D eigenvalue weighted by molar-refractivity contribution is 5.65. The van der Waals surface area contributed by atoms with Gasteiger partial charge in [-0.15, -0.1) is 0 Å². The van der Waals surface area contributed by atoms with Crippen molar-refractivity contribution in [2.24, 2.45) is 0 Å². The molecule has 4 aromatic rings. The first-order valence-electron chi connectivity index (χ1n) is 8.50. The topological polar surface area (TPSA) is 72.3 Å². The molecule has 3 aromatic heterocycles. The third-order valence-corrected chi connectivity index (χ3v) is 4.33. The van der Waals surface area contributed by atoms with Gasteiger partial charge in [0, 0.05) is 24.5 Å². The van der Waals surface area contributed by atoms with E-state index in [9.17, 15) is 13.2 Å². The Bertz CT molecular complexity index is 1070. The third-order valence-electron chi connectivity index (χ3n) is 4.33. The molecule has 1 aromatic carbocycles. The van der Waals surface area contributed by atoms with Crippen LogP contribution in [0.2, 0.25) is 0 Å². The lowest BCUT2D eigenvalue weighted by molar-refractivity contribution is -0.138. The fraction of sp³-hybridized carbons (Fsp3) is 0.158. The summed E-state index contributed by atoms with van der Waals surface area (Å²) in [5.74, 6) is 0. The van der Waals surface area contributed by atoms with Gasteiger partial charge in [-0.25, -0.2) is 4.98 Å². The lowest BCUT2D eigenvalue weighted by atomic mass is 10.0. The molecule has 3 heterocycles. The summed E-state index contributed by atoms with van der Waals surface area (Å²) in [6, 6.07) is 9.27. The molecular formula is C19H15F3N6. The number of aromatic amines is 1. The number of nitrogens with one attached hydrogen (secondary N) is 1. The van der Waals surface area contributed by atoms with Gasteiger partial charge in [-0.05, 0) is 30.2 Å². The Kier molecular flexibility index (Phi) is 4.64. The smallest absolute Gasteiger partial charge is 0.336 e. The Labute approximate surface area is 158 Å². The molecule has 0 saturated carbocycles. The molecule has 6 nitrogen and oxygen atoms in total. The molecule has 0 spiro atoms. The lowest BCUT2D eigenvalue weighted by Crippen LogP contribution is -2.10. The zero-order valence-corrected chi connectivity index (χ0v) is 14.6. The number of pyridine rings is 1. The van der Waals surface area contributed by atoms with Crippen molar-refractivity contribution in [1.29, 1.82) is 0 Å². The maximum absolute atomic E-state index is 13.1. The van der Waals surface area contributed by atoms with Crippen LogP contribution in [0.4, 0.5) is 13.2 Å². The van der Waals surface area contributed by atoms with E-state index in [0.29, 0.717) is 23.6 Å². The summed E-state index contributed by atoms with van der Waals surface area (Å²) >= 11 is 0. The molecule has 0 bridgehead atoms. The quantitative estimate of drug-likeness (QED) is 0.565. The summed E-state index contributed by atoms with van der Waals surface area (Å²) in [6.07, 6.45) is 2.51. The van der Waals surface area contributed by atoms with E-state index >= 15 is 0 Å². The Morgan fingerprint density at radius 3 is 2.64 bits per heavy atom. The van der Waals surface area contributed by atoms with Crippen molar-refractivity contribution in [3.05, 3.63) is 72.4 Å². The molecule has 0 aliphatic carbocycles. The van der Waals surface area contributed by atoms with Gasteiger partial charge >= 0.3 is 6.18 Å². The van der Waals surface area contributed by atoms with E-state index in [1.807, 2.05) is 12.1 Å². The summed E-state index contributed by atoms with van der Waals surface area (Å²) < 4.78 is 41.1. The van der Waals surface area contributed by atoms with Crippen LogP contribution in [-0.2, 0) is 19.1 Å². The van der Waals surface area contributed by atoms with Gasteiger partial charge in [0.15, 0.2) is 0 Å². The molecule has 9 heteroatoms. The van der Waals surface area contributed by atoms with E-state index in [4.69, 9.17) is 0 Å². The summed E-state index contributed by atoms with van der Waals surface area (Å²) in [7, 11) is 0. The highest BCUT2D eigenvalue weighted by Gasteiger charge is 2.32. The van der Waals surface area contributed by atoms with Gasteiger partial charge in [-0.2, -0.15) is 28.6 Å². The Balaban J connectivity index is 1.51. The highest BCUT2D eigenvalue weighted by atomic mass is 19.4. The monoisotopic (exact) mass is 384 g/mol. The van der Waals surface area contributed by atoms with Crippen molar-refractivity contribution in [2.75, 3.05) is 0 Å². The second-order valence-corrected chi connectivity index (χ2v) is 6.19. The number of hydrogen-bond donors (Lipinski definition) is 1. The minimum absolute atomic E-state index is 0.248. The van der Waals surface area contributed by atoms with Gasteiger partial charge in [0.2, 0.25) is 0 Å². The Morgan fingerprint density at radius 1 is 1.00 bits per heavy atom. The lowest BCUT2D eigenvalue weighted by Gasteiger charge is -2.12. The summed E-state index contributed by atoms with van der Waals surface area (Å²) in [5, 5.41) is 10.4. The van der Waals surface area contributed by atoms with Crippen molar-refractivity contribution in [3.8, 4) is 22.6 Å². The van der Waals surface area contributed by atoms with E-state index in [-0.39, 0.29) is 12.0 Å². The largest absolute Gasteiger partial charge is 0.416 e. The van der Waals surface area contributed by atoms with Crippen LogP contribution in [0.1, 0.15) is 11.1 Å². The van der Waals surface area contributed by atoms with E-state index in [0.717, 1.165) is 11.6 Å². The first-order valence-corrected chi connectivity index (χ1v) is 8.50. The zero-order chi connectivity index (χ0) is 19.6. The molecule has 0 aliphatic heterocycles. The van der Waals surface area contributed by atoms with Crippen molar-refractivity contribution in [1.82, 2.24) is 29.9 Å². The van der Waals surface area contributed by atoms with E-state index < -0.39 is 11.7 Å². The highest BCUT2D eigenvalue weighted by Crippen LogP contribution is 2.32. The molecule has 0 fully saturated rings. The molecule has 1 N–H and O–H groups in total. The molecule has 0 aliphatic rings. The fourth-order valence-electron chi connectivity index (χ4n) is 2.95. The van der Waals surface area contributed by atoms with Crippen LogP contribution in [0.5, 0.6) is 0 Å². The van der Waals surface area contributed by atoms with Gasteiger partial charge in [0.25, 0.3) is 0 Å². The number of aromatic nitrogens is 6. The van der Waals surface area contributed by atoms with Crippen LogP contribution in [-0.4, -0.2) is 29.9 Å². The molecule has 28 heavy (non-hydrogen) atoms. The summed E-state index contributed by atoms with van der Waals surface area (Å²) in [5.41, 5.74) is 2.47. The number of hydrogen-bond acceptors (Lipinski definition) is 4. The number of imidazole rings is 1. The normalized spacial score (nSPS) is 11.7. The molecule has 0 radical (unpaired) electrons. The van der Waals surface area contributed by atoms with Crippen molar-refractivity contribution >= 4 is 0 Å². The van der Waals surface area contributed by atoms with E-state index in [2.05, 4.69) is 25.4 Å². The van der Waals surface area contributed by atoms with Crippen molar-refractivity contribution < 1.29 is 13.2 Å². The van der Waals surface area contributed by atoms with Crippen LogP contribution in [0.25, 0.3) is 22.6 Å². The fourth-order valence-corrected chi connectivity index (χ4v) is 2.95. The summed E-state index contributed by atoms with van der Waals surface area (Å²) in [6.45, 7) is 0.378. The summed E-state index contributed by atoms with van der Waals surface area (Å²) in [4.78, 5) is 8.64. The van der Waals surface area contributed by atoms with E-state index in [1.165, 1.54) is 12.1 Å². The Hall–Kier alpha value is -3.49. The maximum Gasteiger partial charge on any atom is 0.416 e. The van der Waals surface area contributed by atoms with Gasteiger partial charge in [0.05, 0.1) is 23.8 Å². The molecule has 0 amide bonds. The zero-order valence-electron chi connectivity index (χ0n) is 14.6. The predicted octanol–water partition coefficient (Wildman–Crippen LogP) is 3.99. The SMILES string of the molecule is FC(F)(F)c1ccccc1CCn1cnc(-c2cc(-c3cn[nH]n3)ccn2)c1. The van der Waals surface area contributed by atoms with Crippen LogP contribution >= 0.6 is 0 Å². The predicted molar refractivity (Wildman–Crippen MR) is 96.0 cm³/mol.